The van der Waals surface area contributed by atoms with Crippen LogP contribution >= 0.6 is 0 Å². The van der Waals surface area contributed by atoms with Gasteiger partial charge in [-0.05, 0) is 56.4 Å². The minimum Gasteiger partial charge on any atom is -0.355 e. The van der Waals surface area contributed by atoms with Crippen molar-refractivity contribution in [2.24, 2.45) is 10.3 Å². The molecule has 2 aromatic carbocycles. The first-order valence-corrected chi connectivity index (χ1v) is 13.2. The number of carbonyl (C=O) groups excluding carboxylic acids is 2. The Morgan fingerprint density at radius 1 is 1.00 bits per heavy atom. The van der Waals surface area contributed by atoms with Gasteiger partial charge in [0, 0.05) is 31.7 Å². The molecule has 0 aromatic heterocycles. The first-order valence-electron chi connectivity index (χ1n) is 11.7. The molecule has 3 aliphatic heterocycles. The van der Waals surface area contributed by atoms with Gasteiger partial charge in [-0.3, -0.25) is 9.59 Å². The summed E-state index contributed by atoms with van der Waals surface area (Å²) in [6, 6.07) is 12.3. The van der Waals surface area contributed by atoms with Gasteiger partial charge in [0.1, 0.15) is 4.90 Å². The number of fused-ring (bicyclic) bond motifs is 1. The number of aryl methyl sites for hydroxylation is 1. The van der Waals surface area contributed by atoms with Gasteiger partial charge in [0.15, 0.2) is 5.84 Å². The minimum absolute atomic E-state index is 0.0432. The van der Waals surface area contributed by atoms with E-state index in [1.165, 1.54) is 0 Å². The molecule has 2 fully saturated rings. The number of nitrogens with one attached hydrogen (secondary N) is 1. The van der Waals surface area contributed by atoms with Gasteiger partial charge in [-0.25, -0.2) is 0 Å². The monoisotopic (exact) mass is 480 g/mol. The van der Waals surface area contributed by atoms with Crippen LogP contribution in [0.1, 0.15) is 47.2 Å². The molecular formula is C25H28N4O4S. The van der Waals surface area contributed by atoms with E-state index in [-0.39, 0.29) is 22.6 Å². The van der Waals surface area contributed by atoms with Gasteiger partial charge in [0.2, 0.25) is 5.91 Å². The largest absolute Gasteiger partial charge is 0.355 e. The molecule has 1 N–H and O–H groups in total. The highest BCUT2D eigenvalue weighted by atomic mass is 32.2. The van der Waals surface area contributed by atoms with Crippen molar-refractivity contribution in [2.45, 2.75) is 37.5 Å². The Morgan fingerprint density at radius 2 is 1.76 bits per heavy atom. The lowest BCUT2D eigenvalue weighted by Gasteiger charge is -2.33. The van der Waals surface area contributed by atoms with E-state index in [9.17, 15) is 18.0 Å². The fourth-order valence-corrected chi connectivity index (χ4v) is 6.30. The first-order chi connectivity index (χ1) is 16.3. The van der Waals surface area contributed by atoms with Crippen LogP contribution in [0.3, 0.4) is 0 Å². The van der Waals surface area contributed by atoms with Crippen LogP contribution in [0.15, 0.2) is 51.8 Å². The number of sulfonamides is 1. The zero-order valence-corrected chi connectivity index (χ0v) is 20.0. The summed E-state index contributed by atoms with van der Waals surface area (Å²) in [5, 5.41) is 3.00. The van der Waals surface area contributed by atoms with E-state index >= 15 is 0 Å². The van der Waals surface area contributed by atoms with Crippen molar-refractivity contribution < 1.29 is 18.0 Å². The van der Waals surface area contributed by atoms with Crippen molar-refractivity contribution >= 4 is 33.4 Å². The molecule has 2 amide bonds. The van der Waals surface area contributed by atoms with E-state index in [0.29, 0.717) is 42.2 Å². The number of hydrogen-bond acceptors (Lipinski definition) is 5. The van der Waals surface area contributed by atoms with Gasteiger partial charge in [0.05, 0.1) is 17.2 Å². The van der Waals surface area contributed by atoms with Crippen LogP contribution in [0.2, 0.25) is 0 Å². The highest BCUT2D eigenvalue weighted by molar-refractivity contribution is 7.90. The van der Waals surface area contributed by atoms with Crippen molar-refractivity contribution in [2.75, 3.05) is 31.5 Å². The normalized spacial score (nSPS) is 21.2. The van der Waals surface area contributed by atoms with Crippen LogP contribution in [0.4, 0.5) is 5.69 Å². The summed E-state index contributed by atoms with van der Waals surface area (Å²) in [6.07, 6.45) is 3.43. The van der Waals surface area contributed by atoms with E-state index in [4.69, 9.17) is 0 Å². The number of likely N-dealkylation sites (tertiary alicyclic amines) is 2. The molecule has 2 saturated heterocycles. The molecule has 3 aliphatic rings. The van der Waals surface area contributed by atoms with Crippen molar-refractivity contribution in [3.8, 4) is 0 Å². The molecular weight excluding hydrogens is 452 g/mol. The van der Waals surface area contributed by atoms with Crippen molar-refractivity contribution in [3.63, 3.8) is 0 Å². The number of benzene rings is 2. The van der Waals surface area contributed by atoms with Gasteiger partial charge < -0.3 is 15.1 Å². The van der Waals surface area contributed by atoms with Gasteiger partial charge >= 0.3 is 0 Å². The number of carbonyl (C=O) groups is 2. The van der Waals surface area contributed by atoms with Crippen molar-refractivity contribution in [1.82, 2.24) is 9.80 Å². The number of amidine groups is 1. The van der Waals surface area contributed by atoms with Gasteiger partial charge in [0.25, 0.3) is 15.9 Å². The lowest BCUT2D eigenvalue weighted by molar-refractivity contribution is -0.121. The van der Waals surface area contributed by atoms with Gasteiger partial charge in [-0.2, -0.15) is 8.42 Å². The quantitative estimate of drug-likeness (QED) is 0.728. The average molecular weight is 481 g/mol. The second-order valence-corrected chi connectivity index (χ2v) is 10.7. The third kappa shape index (κ3) is 4.09. The van der Waals surface area contributed by atoms with E-state index < -0.39 is 10.0 Å². The van der Waals surface area contributed by atoms with Crippen LogP contribution in [0, 0.1) is 12.8 Å². The fraction of sp³-hybridized carbons (Fsp3) is 0.400. The van der Waals surface area contributed by atoms with E-state index in [2.05, 4.69) is 9.71 Å². The lowest BCUT2D eigenvalue weighted by Crippen LogP contribution is -2.44. The fourth-order valence-electron chi connectivity index (χ4n) is 5.07. The maximum Gasteiger partial charge on any atom is 0.285 e. The summed E-state index contributed by atoms with van der Waals surface area (Å²) < 4.78 is 29.0. The zero-order chi connectivity index (χ0) is 23.9. The second-order valence-electron chi connectivity index (χ2n) is 9.16. The summed E-state index contributed by atoms with van der Waals surface area (Å²) in [5.74, 6) is -0.144. The standard InChI is InChI=1S/C25H28N4O4S/c1-17-8-6-11-20(22(17)25(31)28-13-4-5-14-28)26-24(30)18-9-7-15-29(16-18)23-19-10-2-3-12-21(19)34(32,33)27-23/h2-3,6,8,10-12,18H,4-5,7,9,13-16H2,1H3,(H,26,30). The Labute approximate surface area is 199 Å². The molecule has 0 saturated carbocycles. The lowest BCUT2D eigenvalue weighted by atomic mass is 9.95. The molecule has 0 spiro atoms. The summed E-state index contributed by atoms with van der Waals surface area (Å²) in [6.45, 7) is 4.37. The molecule has 9 heteroatoms. The third-order valence-electron chi connectivity index (χ3n) is 6.84. The summed E-state index contributed by atoms with van der Waals surface area (Å²) in [7, 11) is -3.71. The summed E-state index contributed by atoms with van der Waals surface area (Å²) in [4.78, 5) is 30.4. The van der Waals surface area contributed by atoms with E-state index in [0.717, 1.165) is 37.9 Å². The van der Waals surface area contributed by atoms with Crippen molar-refractivity contribution in [1.29, 1.82) is 0 Å². The molecule has 34 heavy (non-hydrogen) atoms. The molecule has 0 aliphatic carbocycles. The van der Waals surface area contributed by atoms with Crippen LogP contribution in [-0.2, 0) is 14.8 Å². The molecule has 0 radical (unpaired) electrons. The topological polar surface area (TPSA) is 99.1 Å². The summed E-state index contributed by atoms with van der Waals surface area (Å²) >= 11 is 0. The smallest absolute Gasteiger partial charge is 0.285 e. The van der Waals surface area contributed by atoms with Gasteiger partial charge in [-0.15, -0.1) is 4.40 Å². The second kappa shape index (κ2) is 8.87. The number of amides is 2. The molecule has 2 aromatic rings. The Balaban J connectivity index is 1.35. The first kappa shape index (κ1) is 22.6. The average Bonchev–Trinajstić information content (AvgIpc) is 3.46. The maximum atomic E-state index is 13.3. The molecule has 178 valence electrons. The maximum absolute atomic E-state index is 13.3. The number of hydrogen-bond donors (Lipinski definition) is 1. The number of anilines is 1. The number of piperidine rings is 1. The van der Waals surface area contributed by atoms with Crippen LogP contribution < -0.4 is 5.32 Å². The molecule has 8 nitrogen and oxygen atoms in total. The Bertz CT molecular complexity index is 1280. The van der Waals surface area contributed by atoms with Crippen LogP contribution in [0.25, 0.3) is 0 Å². The third-order valence-corrected chi connectivity index (χ3v) is 8.17. The predicted molar refractivity (Wildman–Crippen MR) is 129 cm³/mol. The Kier molecular flexibility index (Phi) is 5.89. The molecule has 5 rings (SSSR count). The van der Waals surface area contributed by atoms with Crippen LogP contribution in [0.5, 0.6) is 0 Å². The minimum atomic E-state index is -3.71. The zero-order valence-electron chi connectivity index (χ0n) is 19.2. The number of nitrogens with zero attached hydrogens (tertiary/aromatic N) is 3. The SMILES string of the molecule is Cc1cccc(NC(=O)C2CCCN(C3=NS(=O)(=O)c4ccccc43)C2)c1C(=O)N1CCCC1. The predicted octanol–water partition coefficient (Wildman–Crippen LogP) is 3.03. The highest BCUT2D eigenvalue weighted by Gasteiger charge is 2.35. The molecule has 1 unspecified atom stereocenters. The van der Waals surface area contributed by atoms with Gasteiger partial charge in [-0.1, -0.05) is 24.3 Å². The van der Waals surface area contributed by atoms with E-state index in [1.54, 1.807) is 30.3 Å². The summed E-state index contributed by atoms with van der Waals surface area (Å²) in [5.41, 5.74) is 2.50. The Morgan fingerprint density at radius 3 is 2.56 bits per heavy atom. The van der Waals surface area contributed by atoms with Crippen molar-refractivity contribution in [3.05, 3.63) is 59.2 Å². The Hall–Kier alpha value is -3.20. The van der Waals surface area contributed by atoms with E-state index in [1.807, 2.05) is 28.9 Å². The molecule has 3 heterocycles. The number of rotatable bonds is 3. The van der Waals surface area contributed by atoms with Crippen LogP contribution in [-0.4, -0.2) is 62.0 Å². The molecule has 0 bridgehead atoms. The molecule has 1 atom stereocenters. The highest BCUT2D eigenvalue weighted by Crippen LogP contribution is 2.30.